The number of carbonyl (C=O) groups excluding carboxylic acids is 1. The molecule has 4 aromatic rings. The highest BCUT2D eigenvalue weighted by Gasteiger charge is 2.18. The molecule has 144 valence electrons. The minimum Gasteiger partial charge on any atom is -0.320 e. The van der Waals surface area contributed by atoms with Gasteiger partial charge in [-0.3, -0.25) is 4.79 Å². The minimum atomic E-state index is -0.295. The molecule has 1 amide bonds. The van der Waals surface area contributed by atoms with Gasteiger partial charge in [-0.25, -0.2) is 0 Å². The van der Waals surface area contributed by atoms with Gasteiger partial charge < -0.3 is 5.32 Å². The van der Waals surface area contributed by atoms with E-state index in [1.807, 2.05) is 54.6 Å². The van der Waals surface area contributed by atoms with Crippen LogP contribution >= 0.6 is 11.6 Å². The standard InChI is InChI=1S/C23H19ClN4O/c1-16-22(27-28(26-16)20-12-7-11-19(24)15-20)23(29)25-21-13-6-5-10-18(21)14-17-8-3-2-4-9-17/h2-13,15H,14H2,1H3,(H,25,29). The summed E-state index contributed by atoms with van der Waals surface area (Å²) in [6.45, 7) is 1.76. The fraction of sp³-hybridized carbons (Fsp3) is 0.0870. The zero-order valence-electron chi connectivity index (χ0n) is 15.8. The van der Waals surface area contributed by atoms with Gasteiger partial charge >= 0.3 is 0 Å². The van der Waals surface area contributed by atoms with Gasteiger partial charge in [0.25, 0.3) is 5.91 Å². The van der Waals surface area contributed by atoms with Gasteiger partial charge in [-0.15, -0.1) is 5.10 Å². The number of hydrogen-bond donors (Lipinski definition) is 1. The van der Waals surface area contributed by atoms with Crippen molar-refractivity contribution in [1.29, 1.82) is 0 Å². The Morgan fingerprint density at radius 2 is 1.72 bits per heavy atom. The number of nitrogens with zero attached hydrogens (tertiary/aromatic N) is 3. The normalized spacial score (nSPS) is 10.7. The largest absolute Gasteiger partial charge is 0.320 e. The van der Waals surface area contributed by atoms with Crippen LogP contribution in [0.4, 0.5) is 5.69 Å². The van der Waals surface area contributed by atoms with Crippen LogP contribution in [0.15, 0.2) is 78.9 Å². The molecule has 29 heavy (non-hydrogen) atoms. The summed E-state index contributed by atoms with van der Waals surface area (Å²) in [5.74, 6) is -0.295. The summed E-state index contributed by atoms with van der Waals surface area (Å²) in [7, 11) is 0. The number of nitrogens with one attached hydrogen (secondary N) is 1. The van der Waals surface area contributed by atoms with Crippen molar-refractivity contribution in [2.75, 3.05) is 5.32 Å². The number of hydrogen-bond acceptors (Lipinski definition) is 3. The van der Waals surface area contributed by atoms with Gasteiger partial charge in [0, 0.05) is 10.7 Å². The molecule has 0 atom stereocenters. The first-order chi connectivity index (χ1) is 14.1. The molecule has 1 aromatic heterocycles. The first-order valence-electron chi connectivity index (χ1n) is 9.23. The molecule has 6 heteroatoms. The van der Waals surface area contributed by atoms with E-state index in [0.29, 0.717) is 16.4 Å². The maximum absolute atomic E-state index is 12.9. The van der Waals surface area contributed by atoms with Crippen LogP contribution in [0.1, 0.15) is 27.3 Å². The number of rotatable bonds is 5. The molecule has 0 aliphatic carbocycles. The quantitative estimate of drug-likeness (QED) is 0.506. The van der Waals surface area contributed by atoms with Crippen LogP contribution in [0.3, 0.4) is 0 Å². The lowest BCUT2D eigenvalue weighted by atomic mass is 10.0. The number of amides is 1. The van der Waals surface area contributed by atoms with Crippen molar-refractivity contribution in [3.8, 4) is 5.69 Å². The number of carbonyl (C=O) groups is 1. The monoisotopic (exact) mass is 402 g/mol. The van der Waals surface area contributed by atoms with Crippen molar-refractivity contribution < 1.29 is 4.79 Å². The number of halogens is 1. The van der Waals surface area contributed by atoms with E-state index in [4.69, 9.17) is 11.6 Å². The second-order valence-electron chi connectivity index (χ2n) is 6.68. The summed E-state index contributed by atoms with van der Waals surface area (Å²) in [6.07, 6.45) is 0.728. The summed E-state index contributed by atoms with van der Waals surface area (Å²) in [5.41, 5.74) is 4.49. The first kappa shape index (κ1) is 18.9. The third-order valence-electron chi connectivity index (χ3n) is 4.54. The summed E-state index contributed by atoms with van der Waals surface area (Å²) < 4.78 is 0. The van der Waals surface area contributed by atoms with Crippen LogP contribution in [-0.4, -0.2) is 20.9 Å². The maximum Gasteiger partial charge on any atom is 0.278 e. The molecule has 0 fully saturated rings. The maximum atomic E-state index is 12.9. The van der Waals surface area contributed by atoms with Gasteiger partial charge in [-0.2, -0.15) is 9.90 Å². The zero-order valence-corrected chi connectivity index (χ0v) is 16.6. The Kier molecular flexibility index (Phi) is 5.40. The van der Waals surface area contributed by atoms with Crippen molar-refractivity contribution in [3.63, 3.8) is 0 Å². The molecule has 4 rings (SSSR count). The number of aromatic nitrogens is 3. The third kappa shape index (κ3) is 4.36. The molecule has 0 aliphatic rings. The molecule has 0 unspecified atom stereocenters. The lowest BCUT2D eigenvalue weighted by Crippen LogP contribution is -2.15. The molecular weight excluding hydrogens is 384 g/mol. The molecule has 1 N–H and O–H groups in total. The van der Waals surface area contributed by atoms with Crippen molar-refractivity contribution in [2.24, 2.45) is 0 Å². The average Bonchev–Trinajstić information content (AvgIpc) is 3.12. The van der Waals surface area contributed by atoms with Gasteiger partial charge in [-0.05, 0) is 48.7 Å². The fourth-order valence-electron chi connectivity index (χ4n) is 3.10. The summed E-state index contributed by atoms with van der Waals surface area (Å²) in [6, 6.07) is 25.1. The summed E-state index contributed by atoms with van der Waals surface area (Å²) >= 11 is 6.05. The number of aryl methyl sites for hydroxylation is 1. The molecule has 0 saturated carbocycles. The van der Waals surface area contributed by atoms with Crippen molar-refractivity contribution >= 4 is 23.2 Å². The second-order valence-corrected chi connectivity index (χ2v) is 7.11. The van der Waals surface area contributed by atoms with Crippen molar-refractivity contribution in [2.45, 2.75) is 13.3 Å². The van der Waals surface area contributed by atoms with E-state index in [9.17, 15) is 4.79 Å². The van der Waals surface area contributed by atoms with Crippen LogP contribution in [0.25, 0.3) is 5.69 Å². The molecular formula is C23H19ClN4O. The van der Waals surface area contributed by atoms with E-state index in [1.54, 1.807) is 19.1 Å². The third-order valence-corrected chi connectivity index (χ3v) is 4.77. The van der Waals surface area contributed by atoms with Gasteiger partial charge in [0.15, 0.2) is 5.69 Å². The molecule has 3 aromatic carbocycles. The lowest BCUT2D eigenvalue weighted by molar-refractivity contribution is 0.102. The van der Waals surface area contributed by atoms with E-state index in [1.165, 1.54) is 10.4 Å². The van der Waals surface area contributed by atoms with Crippen LogP contribution in [0, 0.1) is 6.92 Å². The summed E-state index contributed by atoms with van der Waals surface area (Å²) in [5, 5.41) is 12.3. The molecule has 0 saturated heterocycles. The van der Waals surface area contributed by atoms with Crippen LogP contribution < -0.4 is 5.32 Å². The Morgan fingerprint density at radius 3 is 2.52 bits per heavy atom. The number of anilines is 1. The Bertz CT molecular complexity index is 1150. The van der Waals surface area contributed by atoms with Gasteiger partial charge in [0.05, 0.1) is 11.4 Å². The summed E-state index contributed by atoms with van der Waals surface area (Å²) in [4.78, 5) is 14.3. The van der Waals surface area contributed by atoms with Gasteiger partial charge in [-0.1, -0.05) is 66.2 Å². The number of benzene rings is 3. The Hall–Kier alpha value is -3.44. The van der Waals surface area contributed by atoms with Crippen LogP contribution in [-0.2, 0) is 6.42 Å². The van der Waals surface area contributed by atoms with Crippen molar-refractivity contribution in [1.82, 2.24) is 15.0 Å². The molecule has 0 aliphatic heterocycles. The van der Waals surface area contributed by atoms with Crippen LogP contribution in [0.5, 0.6) is 0 Å². The van der Waals surface area contributed by atoms with Gasteiger partial charge in [0.2, 0.25) is 0 Å². The fourth-order valence-corrected chi connectivity index (χ4v) is 3.28. The lowest BCUT2D eigenvalue weighted by Gasteiger charge is -2.10. The second kappa shape index (κ2) is 8.29. The predicted octanol–water partition coefficient (Wildman–Crippen LogP) is 5.07. The molecule has 0 bridgehead atoms. The van der Waals surface area contributed by atoms with E-state index in [2.05, 4.69) is 27.6 Å². The van der Waals surface area contributed by atoms with Gasteiger partial charge in [0.1, 0.15) is 0 Å². The Morgan fingerprint density at radius 1 is 0.966 bits per heavy atom. The van der Waals surface area contributed by atoms with E-state index in [-0.39, 0.29) is 11.6 Å². The Balaban J connectivity index is 1.58. The molecule has 0 radical (unpaired) electrons. The highest BCUT2D eigenvalue weighted by Crippen LogP contribution is 2.20. The SMILES string of the molecule is Cc1nn(-c2cccc(Cl)c2)nc1C(=O)Nc1ccccc1Cc1ccccc1. The number of para-hydroxylation sites is 1. The molecule has 5 nitrogen and oxygen atoms in total. The highest BCUT2D eigenvalue weighted by molar-refractivity contribution is 6.30. The molecule has 0 spiro atoms. The smallest absolute Gasteiger partial charge is 0.278 e. The van der Waals surface area contributed by atoms with Crippen molar-refractivity contribution in [3.05, 3.63) is 106 Å². The van der Waals surface area contributed by atoms with E-state index < -0.39 is 0 Å². The van der Waals surface area contributed by atoms with Crippen LogP contribution in [0.2, 0.25) is 5.02 Å². The van der Waals surface area contributed by atoms with E-state index in [0.717, 1.165) is 17.7 Å². The first-order valence-corrected chi connectivity index (χ1v) is 9.61. The zero-order chi connectivity index (χ0) is 20.2. The molecule has 1 heterocycles. The average molecular weight is 403 g/mol. The van der Waals surface area contributed by atoms with E-state index >= 15 is 0 Å². The topological polar surface area (TPSA) is 59.8 Å². The highest BCUT2D eigenvalue weighted by atomic mass is 35.5. The minimum absolute atomic E-state index is 0.277. The Labute approximate surface area is 174 Å². The predicted molar refractivity (Wildman–Crippen MR) is 115 cm³/mol.